The Morgan fingerprint density at radius 3 is 2.79 bits per heavy atom. The summed E-state index contributed by atoms with van der Waals surface area (Å²) < 4.78 is 4.78. The summed E-state index contributed by atoms with van der Waals surface area (Å²) >= 11 is 0. The van der Waals surface area contributed by atoms with E-state index in [9.17, 15) is 9.59 Å². The zero-order valence-corrected chi connectivity index (χ0v) is 7.32. The zero-order valence-electron chi connectivity index (χ0n) is 7.32. The fourth-order valence-electron chi connectivity index (χ4n) is 0.780. The van der Waals surface area contributed by atoms with Crippen LogP contribution in [0, 0.1) is 0 Å². The topological polar surface area (TPSA) is 63.6 Å². The third-order valence-corrected chi connectivity index (χ3v) is 1.39. The van der Waals surface area contributed by atoms with Crippen LogP contribution in [-0.2, 0) is 14.3 Å². The Hall–Kier alpha value is -2.02. The highest BCUT2D eigenvalue weighted by Gasteiger charge is 2.08. The third-order valence-electron chi connectivity index (χ3n) is 1.39. The average molecular weight is 192 g/mol. The van der Waals surface area contributed by atoms with Crippen LogP contribution < -0.4 is 0 Å². The molecule has 0 bridgehead atoms. The summed E-state index contributed by atoms with van der Waals surface area (Å²) in [6, 6.07) is 0. The predicted octanol–water partition coefficient (Wildman–Crippen LogP) is 1.16. The molecule has 0 aliphatic heterocycles. The van der Waals surface area contributed by atoms with E-state index in [1.54, 1.807) is 18.2 Å². The normalized spacial score (nSPS) is 12.4. The molecule has 0 saturated carbocycles. The van der Waals surface area contributed by atoms with Gasteiger partial charge in [0.05, 0.1) is 12.8 Å². The van der Waals surface area contributed by atoms with Crippen molar-refractivity contribution in [1.82, 2.24) is 0 Å². The van der Waals surface area contributed by atoms with Crippen LogP contribution in [-0.4, -0.2) is 17.0 Å². The Kier molecular flexibility index (Phi) is 3.50. The molecule has 0 aromatic rings. The summed E-state index contributed by atoms with van der Waals surface area (Å²) in [6.07, 6.45) is 4.45. The molecule has 1 aliphatic carbocycles. The molecule has 0 aromatic heterocycles. The number of rotatable bonds is 4. The molecule has 72 valence electrons. The van der Waals surface area contributed by atoms with Gasteiger partial charge in [-0.15, -0.1) is 0 Å². The molecule has 14 heavy (non-hydrogen) atoms. The smallest absolute Gasteiger partial charge is 0.312 e. The second-order valence-corrected chi connectivity index (χ2v) is 2.53. The molecule has 1 N–H and O–H groups in total. The maximum Gasteiger partial charge on any atom is 0.312 e. The van der Waals surface area contributed by atoms with Crippen LogP contribution in [0.1, 0.15) is 12.8 Å². The van der Waals surface area contributed by atoms with E-state index in [0.29, 0.717) is 0 Å². The van der Waals surface area contributed by atoms with Crippen LogP contribution in [0.15, 0.2) is 35.4 Å². The van der Waals surface area contributed by atoms with E-state index in [4.69, 9.17) is 9.84 Å². The molecule has 1 aliphatic rings. The van der Waals surface area contributed by atoms with E-state index >= 15 is 0 Å². The number of carboxylic acid groups (broad SMARTS) is 1. The van der Waals surface area contributed by atoms with E-state index in [1.165, 1.54) is 0 Å². The van der Waals surface area contributed by atoms with Gasteiger partial charge >= 0.3 is 11.9 Å². The molecule has 0 heterocycles. The highest BCUT2D eigenvalue weighted by Crippen LogP contribution is 2.04. The Labute approximate surface area is 80.5 Å². The van der Waals surface area contributed by atoms with Gasteiger partial charge in [-0.1, -0.05) is 5.73 Å². The highest BCUT2D eigenvalue weighted by atomic mass is 16.5. The van der Waals surface area contributed by atoms with Crippen molar-refractivity contribution in [1.29, 1.82) is 0 Å². The molecule has 4 nitrogen and oxygen atoms in total. The minimum Gasteiger partial charge on any atom is -0.481 e. The molecule has 1 rings (SSSR count). The number of carbonyl (C=O) groups excluding carboxylic acids is 1. The molecule has 0 saturated heterocycles. The van der Waals surface area contributed by atoms with Gasteiger partial charge in [-0.05, 0) is 24.0 Å². The Morgan fingerprint density at radius 2 is 2.21 bits per heavy atom. The molecule has 0 aromatic carbocycles. The molecular formula is C10H8O4. The quantitative estimate of drug-likeness (QED) is 0.536. The van der Waals surface area contributed by atoms with E-state index < -0.39 is 11.9 Å². The second-order valence-electron chi connectivity index (χ2n) is 2.53. The fourth-order valence-corrected chi connectivity index (χ4v) is 0.780. The Morgan fingerprint density at radius 1 is 1.43 bits per heavy atom. The molecule has 4 heteroatoms. The van der Waals surface area contributed by atoms with Gasteiger partial charge in [-0.3, -0.25) is 9.59 Å². The third kappa shape index (κ3) is 3.59. The van der Waals surface area contributed by atoms with Crippen molar-refractivity contribution in [3.8, 4) is 0 Å². The Bertz CT molecular complexity index is 377. The monoisotopic (exact) mass is 192 g/mol. The molecule has 0 fully saturated rings. The van der Waals surface area contributed by atoms with Crippen molar-refractivity contribution in [3.05, 3.63) is 35.4 Å². The van der Waals surface area contributed by atoms with E-state index in [-0.39, 0.29) is 18.6 Å². The number of hydrogen-bond acceptors (Lipinski definition) is 3. The van der Waals surface area contributed by atoms with Crippen molar-refractivity contribution in [2.45, 2.75) is 12.8 Å². The molecule has 0 atom stereocenters. The molecule has 0 radical (unpaired) electrons. The average Bonchev–Trinajstić information content (AvgIpc) is 2.16. The van der Waals surface area contributed by atoms with Crippen LogP contribution in [0.2, 0.25) is 0 Å². The predicted molar refractivity (Wildman–Crippen MR) is 47.2 cm³/mol. The highest BCUT2D eigenvalue weighted by molar-refractivity contribution is 5.77. The van der Waals surface area contributed by atoms with Gasteiger partial charge in [0.25, 0.3) is 0 Å². The van der Waals surface area contributed by atoms with Gasteiger partial charge in [0.1, 0.15) is 0 Å². The molecule has 0 amide bonds. The van der Waals surface area contributed by atoms with Gasteiger partial charge in [0, 0.05) is 0 Å². The van der Waals surface area contributed by atoms with Gasteiger partial charge < -0.3 is 9.84 Å². The van der Waals surface area contributed by atoms with Gasteiger partial charge in [0.15, 0.2) is 5.76 Å². The lowest BCUT2D eigenvalue weighted by molar-refractivity contribution is -0.144. The van der Waals surface area contributed by atoms with Gasteiger partial charge in [0.2, 0.25) is 0 Å². The van der Waals surface area contributed by atoms with Gasteiger partial charge in [-0.25, -0.2) is 0 Å². The van der Waals surface area contributed by atoms with Crippen LogP contribution in [0.4, 0.5) is 0 Å². The lowest BCUT2D eigenvalue weighted by atomic mass is 10.3. The number of ether oxygens (including phenoxy) is 1. The SMILES string of the molecule is O=C(O)CCC(=O)OC1=C=C=CC=C1. The summed E-state index contributed by atoms with van der Waals surface area (Å²) in [6.45, 7) is 0. The first-order chi connectivity index (χ1) is 6.68. The zero-order chi connectivity index (χ0) is 10.4. The number of esters is 1. The van der Waals surface area contributed by atoms with E-state index in [2.05, 4.69) is 11.5 Å². The van der Waals surface area contributed by atoms with Crippen molar-refractivity contribution in [2.75, 3.05) is 0 Å². The molecule has 0 spiro atoms. The second kappa shape index (κ2) is 4.87. The minimum absolute atomic E-state index is 0.141. The van der Waals surface area contributed by atoms with E-state index in [0.717, 1.165) is 0 Å². The standard InChI is InChI=1S/C10H8O4/c11-9(12)6-7-10(13)14-8-4-2-1-3-5-8/h1-2,4H,6-7H2,(H,11,12). The lowest BCUT2D eigenvalue weighted by Gasteiger charge is -2.01. The lowest BCUT2D eigenvalue weighted by Crippen LogP contribution is -2.06. The summed E-state index contributed by atoms with van der Waals surface area (Å²) in [5, 5.41) is 8.31. The first-order valence-electron chi connectivity index (χ1n) is 3.99. The summed E-state index contributed by atoms with van der Waals surface area (Å²) in [5.74, 6) is -1.35. The van der Waals surface area contributed by atoms with Crippen molar-refractivity contribution < 1.29 is 19.4 Å². The maximum atomic E-state index is 11.0. The number of carbonyl (C=O) groups is 2. The fraction of sp³-hybridized carbons (Fsp3) is 0.200. The van der Waals surface area contributed by atoms with E-state index in [1.807, 2.05) is 0 Å². The number of aliphatic carboxylic acids is 1. The van der Waals surface area contributed by atoms with Crippen molar-refractivity contribution in [3.63, 3.8) is 0 Å². The number of allylic oxidation sites excluding steroid dienone is 3. The molecule has 0 unspecified atom stereocenters. The van der Waals surface area contributed by atoms with Crippen molar-refractivity contribution >= 4 is 11.9 Å². The summed E-state index contributed by atoms with van der Waals surface area (Å²) in [4.78, 5) is 21.1. The van der Waals surface area contributed by atoms with Crippen LogP contribution in [0.25, 0.3) is 0 Å². The maximum absolute atomic E-state index is 11.0. The first kappa shape index (κ1) is 10.1. The van der Waals surface area contributed by atoms with Gasteiger partial charge in [-0.2, -0.15) is 0 Å². The van der Waals surface area contributed by atoms with Crippen LogP contribution in [0.5, 0.6) is 0 Å². The summed E-state index contributed by atoms with van der Waals surface area (Å²) in [7, 11) is 0. The minimum atomic E-state index is -1.02. The summed E-state index contributed by atoms with van der Waals surface area (Å²) in [5.41, 5.74) is 5.18. The molecular weight excluding hydrogens is 184 g/mol. The largest absolute Gasteiger partial charge is 0.481 e. The number of carboxylic acids is 1. The number of hydrogen-bond donors (Lipinski definition) is 1. The van der Waals surface area contributed by atoms with Crippen molar-refractivity contribution in [2.24, 2.45) is 0 Å². The first-order valence-corrected chi connectivity index (χ1v) is 3.99. The van der Waals surface area contributed by atoms with Crippen LogP contribution >= 0.6 is 0 Å². The Balaban J connectivity index is 2.42. The van der Waals surface area contributed by atoms with Crippen LogP contribution in [0.3, 0.4) is 0 Å².